The standard InChI is InChI=1S/C13H18N2/c1-15(10-11-6-5-7-11)13(14)12-8-3-2-4-9-12/h2-4,8-9,11,14H,5-7,10H2,1H3. The largest absolute Gasteiger partial charge is 0.359 e. The van der Waals surface area contributed by atoms with Crippen LogP contribution < -0.4 is 0 Å². The second-order valence-corrected chi connectivity index (χ2v) is 4.39. The van der Waals surface area contributed by atoms with Crippen LogP contribution in [0.4, 0.5) is 0 Å². The third-order valence-electron chi connectivity index (χ3n) is 3.19. The first kappa shape index (κ1) is 10.2. The lowest BCUT2D eigenvalue weighted by Gasteiger charge is -2.31. The van der Waals surface area contributed by atoms with Crippen LogP contribution in [0.25, 0.3) is 0 Å². The molecule has 0 aliphatic heterocycles. The van der Waals surface area contributed by atoms with Gasteiger partial charge in [0.15, 0.2) is 0 Å². The van der Waals surface area contributed by atoms with Gasteiger partial charge in [-0.15, -0.1) is 0 Å². The van der Waals surface area contributed by atoms with Crippen molar-refractivity contribution in [1.82, 2.24) is 4.90 Å². The highest BCUT2D eigenvalue weighted by Crippen LogP contribution is 2.27. The van der Waals surface area contributed by atoms with Gasteiger partial charge >= 0.3 is 0 Å². The monoisotopic (exact) mass is 202 g/mol. The molecule has 1 aromatic carbocycles. The SMILES string of the molecule is CN(CC1CCC1)C(=N)c1ccccc1. The molecule has 2 rings (SSSR count). The summed E-state index contributed by atoms with van der Waals surface area (Å²) in [6.07, 6.45) is 4.05. The van der Waals surface area contributed by atoms with Gasteiger partial charge in [0.25, 0.3) is 0 Å². The Hall–Kier alpha value is -1.31. The highest BCUT2D eigenvalue weighted by molar-refractivity contribution is 5.96. The Morgan fingerprint density at radius 3 is 2.53 bits per heavy atom. The minimum atomic E-state index is 0.641. The van der Waals surface area contributed by atoms with E-state index < -0.39 is 0 Å². The molecule has 1 saturated carbocycles. The van der Waals surface area contributed by atoms with Crippen molar-refractivity contribution in [1.29, 1.82) is 5.41 Å². The Bertz CT molecular complexity index is 328. The number of hydrogen-bond acceptors (Lipinski definition) is 1. The molecule has 1 aromatic rings. The van der Waals surface area contributed by atoms with Crippen LogP contribution in [-0.4, -0.2) is 24.3 Å². The van der Waals surface area contributed by atoms with Crippen molar-refractivity contribution < 1.29 is 0 Å². The average molecular weight is 202 g/mol. The van der Waals surface area contributed by atoms with Gasteiger partial charge in [-0.1, -0.05) is 36.8 Å². The van der Waals surface area contributed by atoms with Crippen molar-refractivity contribution in [2.45, 2.75) is 19.3 Å². The summed E-state index contributed by atoms with van der Waals surface area (Å²) in [7, 11) is 2.02. The maximum absolute atomic E-state index is 8.05. The number of rotatable bonds is 3. The topological polar surface area (TPSA) is 27.1 Å². The van der Waals surface area contributed by atoms with Crippen LogP contribution in [-0.2, 0) is 0 Å². The molecule has 0 saturated heterocycles. The van der Waals surface area contributed by atoms with Crippen molar-refractivity contribution in [3.8, 4) is 0 Å². The van der Waals surface area contributed by atoms with Gasteiger partial charge in [-0.25, -0.2) is 0 Å². The fourth-order valence-electron chi connectivity index (χ4n) is 1.97. The van der Waals surface area contributed by atoms with E-state index in [1.165, 1.54) is 19.3 Å². The van der Waals surface area contributed by atoms with Crippen LogP contribution in [0.3, 0.4) is 0 Å². The zero-order valence-corrected chi connectivity index (χ0v) is 9.24. The van der Waals surface area contributed by atoms with Gasteiger partial charge in [0.05, 0.1) is 0 Å². The normalized spacial score (nSPS) is 15.8. The molecule has 1 aliphatic rings. The minimum absolute atomic E-state index is 0.641. The Labute approximate surface area is 91.4 Å². The molecule has 15 heavy (non-hydrogen) atoms. The summed E-state index contributed by atoms with van der Waals surface area (Å²) in [6, 6.07) is 9.96. The zero-order valence-electron chi connectivity index (χ0n) is 9.24. The van der Waals surface area contributed by atoms with E-state index in [0.717, 1.165) is 18.0 Å². The first-order valence-corrected chi connectivity index (χ1v) is 5.62. The molecule has 1 aliphatic carbocycles. The van der Waals surface area contributed by atoms with E-state index in [4.69, 9.17) is 5.41 Å². The third-order valence-corrected chi connectivity index (χ3v) is 3.19. The average Bonchev–Trinajstić information content (AvgIpc) is 2.23. The maximum Gasteiger partial charge on any atom is 0.127 e. The Kier molecular flexibility index (Phi) is 3.05. The number of nitrogens with zero attached hydrogens (tertiary/aromatic N) is 1. The Balaban J connectivity index is 1.95. The summed E-state index contributed by atoms with van der Waals surface area (Å²) in [4.78, 5) is 2.07. The number of benzene rings is 1. The lowest BCUT2D eigenvalue weighted by Crippen LogP contribution is -2.34. The summed E-state index contributed by atoms with van der Waals surface area (Å²) in [5.74, 6) is 1.46. The van der Waals surface area contributed by atoms with Crippen LogP contribution in [0.15, 0.2) is 30.3 Å². The zero-order chi connectivity index (χ0) is 10.7. The van der Waals surface area contributed by atoms with Crippen molar-refractivity contribution in [3.05, 3.63) is 35.9 Å². The van der Waals surface area contributed by atoms with E-state index in [2.05, 4.69) is 4.90 Å². The van der Waals surface area contributed by atoms with Gasteiger partial charge in [0.2, 0.25) is 0 Å². The maximum atomic E-state index is 8.05. The first-order chi connectivity index (χ1) is 7.27. The predicted molar refractivity (Wildman–Crippen MR) is 63.2 cm³/mol. The number of amidine groups is 1. The van der Waals surface area contributed by atoms with Crippen LogP contribution in [0.1, 0.15) is 24.8 Å². The molecule has 0 atom stereocenters. The molecule has 2 nitrogen and oxygen atoms in total. The molecule has 0 bridgehead atoms. The van der Waals surface area contributed by atoms with Gasteiger partial charge in [0, 0.05) is 19.2 Å². The Morgan fingerprint density at radius 1 is 1.33 bits per heavy atom. The molecule has 1 fully saturated rings. The van der Waals surface area contributed by atoms with E-state index in [0.29, 0.717) is 5.84 Å². The number of nitrogens with one attached hydrogen (secondary N) is 1. The summed E-state index contributed by atoms with van der Waals surface area (Å²) in [6.45, 7) is 1.04. The molecule has 0 radical (unpaired) electrons. The molecule has 0 amide bonds. The third kappa shape index (κ3) is 2.38. The molecule has 1 N–H and O–H groups in total. The fourth-order valence-corrected chi connectivity index (χ4v) is 1.97. The van der Waals surface area contributed by atoms with Gasteiger partial charge in [-0.05, 0) is 18.8 Å². The van der Waals surface area contributed by atoms with Gasteiger partial charge in [-0.2, -0.15) is 0 Å². The molecular weight excluding hydrogens is 184 g/mol. The summed E-state index contributed by atoms with van der Waals surface area (Å²) in [5, 5.41) is 8.05. The van der Waals surface area contributed by atoms with E-state index >= 15 is 0 Å². The lowest BCUT2D eigenvalue weighted by atomic mass is 9.85. The van der Waals surface area contributed by atoms with Crippen LogP contribution >= 0.6 is 0 Å². The lowest BCUT2D eigenvalue weighted by molar-refractivity contribution is 0.258. The molecule has 0 heterocycles. The Morgan fingerprint density at radius 2 is 2.00 bits per heavy atom. The summed E-state index contributed by atoms with van der Waals surface area (Å²) in [5.41, 5.74) is 1.01. The van der Waals surface area contributed by atoms with Gasteiger partial charge in [-0.3, -0.25) is 5.41 Å². The second kappa shape index (κ2) is 4.47. The van der Waals surface area contributed by atoms with Crippen molar-refractivity contribution in [2.24, 2.45) is 5.92 Å². The van der Waals surface area contributed by atoms with E-state index in [1.807, 2.05) is 37.4 Å². The molecule has 2 heteroatoms. The van der Waals surface area contributed by atoms with E-state index in [9.17, 15) is 0 Å². The first-order valence-electron chi connectivity index (χ1n) is 5.62. The van der Waals surface area contributed by atoms with Crippen molar-refractivity contribution >= 4 is 5.84 Å². The van der Waals surface area contributed by atoms with Crippen LogP contribution in [0, 0.1) is 11.3 Å². The molecular formula is C13H18N2. The van der Waals surface area contributed by atoms with E-state index in [1.54, 1.807) is 0 Å². The highest BCUT2D eigenvalue weighted by atomic mass is 15.1. The van der Waals surface area contributed by atoms with Crippen molar-refractivity contribution in [3.63, 3.8) is 0 Å². The minimum Gasteiger partial charge on any atom is -0.359 e. The highest BCUT2D eigenvalue weighted by Gasteiger charge is 2.20. The van der Waals surface area contributed by atoms with Crippen LogP contribution in [0.5, 0.6) is 0 Å². The van der Waals surface area contributed by atoms with Gasteiger partial charge in [0.1, 0.15) is 5.84 Å². The fraction of sp³-hybridized carbons (Fsp3) is 0.462. The van der Waals surface area contributed by atoms with Crippen LogP contribution in [0.2, 0.25) is 0 Å². The van der Waals surface area contributed by atoms with Gasteiger partial charge < -0.3 is 4.90 Å². The summed E-state index contributed by atoms with van der Waals surface area (Å²) >= 11 is 0. The summed E-state index contributed by atoms with van der Waals surface area (Å²) < 4.78 is 0. The van der Waals surface area contributed by atoms with E-state index in [-0.39, 0.29) is 0 Å². The van der Waals surface area contributed by atoms with Crippen molar-refractivity contribution in [2.75, 3.05) is 13.6 Å². The smallest absolute Gasteiger partial charge is 0.127 e. The second-order valence-electron chi connectivity index (χ2n) is 4.39. The molecule has 0 unspecified atom stereocenters. The molecule has 0 aromatic heterocycles. The number of hydrogen-bond donors (Lipinski definition) is 1. The molecule has 0 spiro atoms. The molecule has 80 valence electrons. The predicted octanol–water partition coefficient (Wildman–Crippen LogP) is 2.74. The quantitative estimate of drug-likeness (QED) is 0.592.